The maximum Gasteiger partial charge on any atom is 0.228 e. The minimum absolute atomic E-state index is 0.0338. The molecule has 24 heavy (non-hydrogen) atoms. The molecule has 2 N–H and O–H groups in total. The summed E-state index contributed by atoms with van der Waals surface area (Å²) < 4.78 is 22.9. The molecule has 1 amide bonds. The highest BCUT2D eigenvalue weighted by molar-refractivity contribution is 7.91. The third kappa shape index (κ3) is 4.58. The first kappa shape index (κ1) is 16.5. The molecule has 0 saturated carbocycles. The fourth-order valence-corrected chi connectivity index (χ4v) is 4.45. The van der Waals surface area contributed by atoms with Crippen LogP contribution in [0.2, 0.25) is 0 Å². The Morgan fingerprint density at radius 3 is 2.29 bits per heavy atom. The van der Waals surface area contributed by atoms with Crippen molar-refractivity contribution in [1.29, 1.82) is 0 Å². The first-order valence-corrected chi connectivity index (χ1v) is 9.73. The molecule has 0 aliphatic carbocycles. The summed E-state index contributed by atoms with van der Waals surface area (Å²) in [6, 6.07) is 16.9. The summed E-state index contributed by atoms with van der Waals surface area (Å²) in [5.41, 5.74) is 2.55. The number of hydrogen-bond acceptors (Lipinski definition) is 4. The molecule has 0 radical (unpaired) electrons. The van der Waals surface area contributed by atoms with Gasteiger partial charge in [-0.1, -0.05) is 30.3 Å². The number of amides is 1. The van der Waals surface area contributed by atoms with Gasteiger partial charge in [-0.25, -0.2) is 8.42 Å². The van der Waals surface area contributed by atoms with E-state index in [1.54, 1.807) is 0 Å². The Hall–Kier alpha value is -2.34. The van der Waals surface area contributed by atoms with E-state index >= 15 is 0 Å². The minimum atomic E-state index is -2.89. The molecule has 1 aliphatic heterocycles. The number of nitrogens with one attached hydrogen (secondary N) is 2. The molecule has 3 rings (SSSR count). The zero-order chi connectivity index (χ0) is 17.0. The topological polar surface area (TPSA) is 75.3 Å². The number of hydrogen-bond donors (Lipinski definition) is 2. The molecule has 2 aromatic rings. The average Bonchev–Trinajstić information content (AvgIpc) is 2.89. The van der Waals surface area contributed by atoms with Crippen LogP contribution in [-0.4, -0.2) is 31.9 Å². The Balaban J connectivity index is 1.54. The lowest BCUT2D eigenvalue weighted by atomic mass is 10.1. The summed E-state index contributed by atoms with van der Waals surface area (Å²) in [5, 5.41) is 6.09. The monoisotopic (exact) mass is 344 g/mol. The van der Waals surface area contributed by atoms with E-state index in [2.05, 4.69) is 10.6 Å². The van der Waals surface area contributed by atoms with E-state index in [-0.39, 0.29) is 23.5 Å². The molecule has 126 valence electrons. The van der Waals surface area contributed by atoms with E-state index in [9.17, 15) is 13.2 Å². The number of carbonyl (C=O) groups is 1. The molecule has 1 atom stereocenters. The summed E-state index contributed by atoms with van der Waals surface area (Å²) in [6.07, 6.45) is 0.971. The molecular formula is C18H20N2O3S. The molecule has 0 aromatic heterocycles. The van der Waals surface area contributed by atoms with Crippen LogP contribution in [0.3, 0.4) is 0 Å². The molecular weight excluding hydrogens is 324 g/mol. The molecule has 5 nitrogen and oxygen atoms in total. The Morgan fingerprint density at radius 2 is 1.67 bits per heavy atom. The van der Waals surface area contributed by atoms with Gasteiger partial charge in [-0.15, -0.1) is 0 Å². The van der Waals surface area contributed by atoms with Crippen LogP contribution in [0.25, 0.3) is 0 Å². The fraction of sp³-hybridized carbons (Fsp3) is 0.278. The molecule has 0 spiro atoms. The second kappa shape index (κ2) is 7.05. The standard InChI is InChI=1S/C18H20N2O3S/c21-18(12-14-4-2-1-3-5-14)20-16-8-6-15(7-9-16)19-17-10-11-24(22,23)13-17/h1-9,17,19H,10-13H2,(H,20,21). The first-order chi connectivity index (χ1) is 11.5. The maximum atomic E-state index is 12.0. The Morgan fingerprint density at radius 1 is 1.00 bits per heavy atom. The second-order valence-electron chi connectivity index (χ2n) is 6.03. The van der Waals surface area contributed by atoms with Crippen molar-refractivity contribution in [3.63, 3.8) is 0 Å². The van der Waals surface area contributed by atoms with Crippen LogP contribution in [0, 0.1) is 0 Å². The number of rotatable bonds is 5. The summed E-state index contributed by atoms with van der Waals surface area (Å²) in [7, 11) is -2.89. The van der Waals surface area contributed by atoms with Gasteiger partial charge in [0, 0.05) is 17.4 Å². The van der Waals surface area contributed by atoms with Crippen molar-refractivity contribution in [2.24, 2.45) is 0 Å². The fourth-order valence-electron chi connectivity index (χ4n) is 2.78. The van der Waals surface area contributed by atoms with Crippen molar-refractivity contribution in [3.8, 4) is 0 Å². The van der Waals surface area contributed by atoms with E-state index < -0.39 is 9.84 Å². The van der Waals surface area contributed by atoms with Crippen LogP contribution in [0.1, 0.15) is 12.0 Å². The van der Waals surface area contributed by atoms with Gasteiger partial charge in [0.05, 0.1) is 17.9 Å². The van der Waals surface area contributed by atoms with Crippen molar-refractivity contribution in [1.82, 2.24) is 0 Å². The van der Waals surface area contributed by atoms with Crippen molar-refractivity contribution >= 4 is 27.1 Å². The molecule has 1 unspecified atom stereocenters. The second-order valence-corrected chi connectivity index (χ2v) is 8.26. The van der Waals surface area contributed by atoms with Crippen LogP contribution in [0.15, 0.2) is 54.6 Å². The van der Waals surface area contributed by atoms with Gasteiger partial charge in [-0.05, 0) is 36.2 Å². The predicted octanol–water partition coefficient (Wildman–Crippen LogP) is 2.47. The van der Waals surface area contributed by atoms with Gasteiger partial charge in [0.15, 0.2) is 9.84 Å². The Labute approximate surface area is 142 Å². The lowest BCUT2D eigenvalue weighted by Crippen LogP contribution is -2.20. The highest BCUT2D eigenvalue weighted by Gasteiger charge is 2.27. The van der Waals surface area contributed by atoms with Crippen LogP contribution in [0.4, 0.5) is 11.4 Å². The summed E-state index contributed by atoms with van der Waals surface area (Å²) in [4.78, 5) is 12.0. The van der Waals surface area contributed by atoms with E-state index in [1.165, 1.54) is 0 Å². The van der Waals surface area contributed by atoms with Crippen molar-refractivity contribution in [2.45, 2.75) is 18.9 Å². The third-order valence-electron chi connectivity index (χ3n) is 3.98. The Bertz CT molecular complexity index is 802. The summed E-state index contributed by atoms with van der Waals surface area (Å²) in [6.45, 7) is 0. The molecule has 1 aliphatic rings. The van der Waals surface area contributed by atoms with Gasteiger partial charge in [0.1, 0.15) is 0 Å². The van der Waals surface area contributed by atoms with E-state index in [0.717, 1.165) is 16.9 Å². The maximum absolute atomic E-state index is 12.0. The average molecular weight is 344 g/mol. The number of carbonyl (C=O) groups excluding carboxylic acids is 1. The first-order valence-electron chi connectivity index (χ1n) is 7.91. The minimum Gasteiger partial charge on any atom is -0.381 e. The molecule has 2 aromatic carbocycles. The van der Waals surface area contributed by atoms with Gasteiger partial charge in [-0.2, -0.15) is 0 Å². The van der Waals surface area contributed by atoms with Crippen LogP contribution < -0.4 is 10.6 Å². The van der Waals surface area contributed by atoms with Crippen molar-refractivity contribution < 1.29 is 13.2 Å². The number of sulfone groups is 1. The van der Waals surface area contributed by atoms with Gasteiger partial charge in [-0.3, -0.25) is 4.79 Å². The number of benzene rings is 2. The summed E-state index contributed by atoms with van der Waals surface area (Å²) in [5.74, 6) is 0.365. The van der Waals surface area contributed by atoms with E-state index in [4.69, 9.17) is 0 Å². The normalized spacial score (nSPS) is 18.9. The molecule has 1 saturated heterocycles. The smallest absolute Gasteiger partial charge is 0.228 e. The van der Waals surface area contributed by atoms with E-state index in [1.807, 2.05) is 54.6 Å². The molecule has 6 heteroatoms. The summed E-state index contributed by atoms with van der Waals surface area (Å²) >= 11 is 0. The van der Waals surface area contributed by atoms with Gasteiger partial charge < -0.3 is 10.6 Å². The van der Waals surface area contributed by atoms with Crippen LogP contribution in [0.5, 0.6) is 0 Å². The zero-order valence-corrected chi connectivity index (χ0v) is 14.1. The highest BCUT2D eigenvalue weighted by atomic mass is 32.2. The lowest BCUT2D eigenvalue weighted by molar-refractivity contribution is -0.115. The van der Waals surface area contributed by atoms with Crippen molar-refractivity contribution in [2.75, 3.05) is 22.1 Å². The molecule has 0 bridgehead atoms. The van der Waals surface area contributed by atoms with Gasteiger partial charge in [0.25, 0.3) is 0 Å². The Kier molecular flexibility index (Phi) is 4.85. The molecule has 1 fully saturated rings. The predicted molar refractivity (Wildman–Crippen MR) is 95.9 cm³/mol. The van der Waals surface area contributed by atoms with Crippen molar-refractivity contribution in [3.05, 3.63) is 60.2 Å². The SMILES string of the molecule is O=C(Cc1ccccc1)Nc1ccc(NC2CCS(=O)(=O)C2)cc1. The lowest BCUT2D eigenvalue weighted by Gasteiger charge is -2.13. The van der Waals surface area contributed by atoms with Gasteiger partial charge >= 0.3 is 0 Å². The highest BCUT2D eigenvalue weighted by Crippen LogP contribution is 2.19. The van der Waals surface area contributed by atoms with E-state index in [0.29, 0.717) is 12.8 Å². The van der Waals surface area contributed by atoms with Gasteiger partial charge in [0.2, 0.25) is 5.91 Å². The zero-order valence-electron chi connectivity index (χ0n) is 13.2. The quantitative estimate of drug-likeness (QED) is 0.874. The third-order valence-corrected chi connectivity index (χ3v) is 5.75. The number of anilines is 2. The van der Waals surface area contributed by atoms with Crippen LogP contribution in [-0.2, 0) is 21.1 Å². The molecule has 1 heterocycles. The van der Waals surface area contributed by atoms with Crippen LogP contribution >= 0.6 is 0 Å². The largest absolute Gasteiger partial charge is 0.381 e.